The van der Waals surface area contributed by atoms with E-state index in [0.717, 1.165) is 31.6 Å². The van der Waals surface area contributed by atoms with Crippen molar-refractivity contribution in [1.82, 2.24) is 0 Å². The Bertz CT molecular complexity index is 319. The minimum atomic E-state index is -0.884. The minimum Gasteiger partial charge on any atom is -0.848 e. The largest absolute Gasteiger partial charge is 1.00 e. The van der Waals surface area contributed by atoms with E-state index in [1.165, 1.54) is 6.42 Å². The van der Waals surface area contributed by atoms with Gasteiger partial charge < -0.3 is 5.11 Å². The molecular formula is C13H18KNO. The first kappa shape index (κ1) is 13.5. The van der Waals surface area contributed by atoms with E-state index >= 15 is 0 Å². The molecule has 0 aromatic heterocycles. The molecule has 0 spiro atoms. The molecule has 0 aromatic carbocycles. The molecule has 82 valence electrons. The predicted molar refractivity (Wildman–Crippen MR) is 54.6 cm³/mol. The summed E-state index contributed by atoms with van der Waals surface area (Å²) in [4.78, 5) is 0. The maximum atomic E-state index is 12.8. The van der Waals surface area contributed by atoms with Crippen LogP contribution >= 0.6 is 0 Å². The van der Waals surface area contributed by atoms with Gasteiger partial charge in [-0.05, 0) is 55.3 Å². The molecule has 2 nitrogen and oxygen atoms in total. The number of rotatable bonds is 1. The van der Waals surface area contributed by atoms with E-state index < -0.39 is 5.60 Å². The summed E-state index contributed by atoms with van der Waals surface area (Å²) in [5.74, 6) is 1.40. The Morgan fingerprint density at radius 1 is 1.25 bits per heavy atom. The summed E-state index contributed by atoms with van der Waals surface area (Å²) in [5.41, 5.74) is -0.439. The Morgan fingerprint density at radius 2 is 1.81 bits per heavy atom. The van der Waals surface area contributed by atoms with Crippen LogP contribution in [0, 0.1) is 34.5 Å². The molecular weight excluding hydrogens is 225 g/mol. The zero-order valence-corrected chi connectivity index (χ0v) is 13.5. The van der Waals surface area contributed by atoms with Gasteiger partial charge in [0.15, 0.2) is 0 Å². The van der Waals surface area contributed by atoms with Crippen molar-refractivity contribution >= 4 is 0 Å². The van der Waals surface area contributed by atoms with Crippen LogP contribution in [0.5, 0.6) is 0 Å². The molecule has 0 saturated heterocycles. The zero-order valence-electron chi connectivity index (χ0n) is 10.3. The average Bonchev–Trinajstić information content (AvgIpc) is 2.12. The quantitative estimate of drug-likeness (QED) is 0.546. The first-order chi connectivity index (χ1) is 7.06. The van der Waals surface area contributed by atoms with E-state index in [1.54, 1.807) is 0 Å². The third-order valence-electron chi connectivity index (χ3n) is 5.23. The standard InChI is InChI=1S/C13H18NO.K/c1-12-6-9-4-10(7-12)13(15,2-3-14)11(5-9)8-12;/h9-11H,2,4-8H2,1H3;/q-1;+1. The third kappa shape index (κ3) is 1.86. The normalized spacial score (nSPS) is 53.2. The summed E-state index contributed by atoms with van der Waals surface area (Å²) < 4.78 is 0. The molecule has 2 atom stereocenters. The van der Waals surface area contributed by atoms with Gasteiger partial charge in [0.2, 0.25) is 0 Å². The SMILES string of the molecule is CC12CC3CC(C1)C([O-])(CC#N)C(C3)C2.[K+]. The molecule has 4 fully saturated rings. The van der Waals surface area contributed by atoms with Gasteiger partial charge in [-0.1, -0.05) is 12.5 Å². The van der Waals surface area contributed by atoms with Crippen molar-refractivity contribution in [3.05, 3.63) is 0 Å². The topological polar surface area (TPSA) is 46.8 Å². The van der Waals surface area contributed by atoms with Crippen LogP contribution in [0.25, 0.3) is 0 Å². The molecule has 3 heteroatoms. The number of nitrogens with zero attached hydrogens (tertiary/aromatic N) is 1. The maximum Gasteiger partial charge on any atom is 1.00 e. The van der Waals surface area contributed by atoms with E-state index in [1.807, 2.05) is 0 Å². The summed E-state index contributed by atoms with van der Waals surface area (Å²) in [7, 11) is 0. The summed E-state index contributed by atoms with van der Waals surface area (Å²) in [5, 5.41) is 21.6. The molecule has 4 saturated carbocycles. The summed E-state index contributed by atoms with van der Waals surface area (Å²) >= 11 is 0. The van der Waals surface area contributed by atoms with Crippen LogP contribution in [0.15, 0.2) is 0 Å². The molecule has 0 aromatic rings. The molecule has 16 heavy (non-hydrogen) atoms. The van der Waals surface area contributed by atoms with Crippen molar-refractivity contribution in [1.29, 1.82) is 5.26 Å². The van der Waals surface area contributed by atoms with Crippen LogP contribution in [0.3, 0.4) is 0 Å². The van der Waals surface area contributed by atoms with Gasteiger partial charge in [0.1, 0.15) is 0 Å². The third-order valence-corrected chi connectivity index (χ3v) is 5.23. The molecule has 4 aliphatic rings. The second-order valence-corrected chi connectivity index (χ2v) is 6.44. The first-order valence-corrected chi connectivity index (χ1v) is 6.13. The Morgan fingerprint density at radius 3 is 2.25 bits per heavy atom. The second-order valence-electron chi connectivity index (χ2n) is 6.44. The fraction of sp³-hybridized carbons (Fsp3) is 0.923. The van der Waals surface area contributed by atoms with Crippen molar-refractivity contribution in [2.75, 3.05) is 0 Å². The summed E-state index contributed by atoms with van der Waals surface area (Å²) in [6, 6.07) is 2.14. The fourth-order valence-corrected chi connectivity index (χ4v) is 4.86. The van der Waals surface area contributed by atoms with Crippen LogP contribution in [-0.2, 0) is 0 Å². The van der Waals surface area contributed by atoms with Gasteiger partial charge in [0.25, 0.3) is 0 Å². The molecule has 0 heterocycles. The smallest absolute Gasteiger partial charge is 0.848 e. The van der Waals surface area contributed by atoms with Crippen LogP contribution in [0.2, 0.25) is 0 Å². The van der Waals surface area contributed by atoms with Gasteiger partial charge in [-0.3, -0.25) is 0 Å². The van der Waals surface area contributed by atoms with E-state index in [4.69, 9.17) is 5.26 Å². The van der Waals surface area contributed by atoms with Crippen LogP contribution in [0.4, 0.5) is 0 Å². The molecule has 0 aliphatic heterocycles. The number of hydrogen-bond acceptors (Lipinski definition) is 2. The molecule has 4 bridgehead atoms. The molecule has 0 N–H and O–H groups in total. The van der Waals surface area contributed by atoms with Crippen molar-refractivity contribution < 1.29 is 56.5 Å². The molecule has 0 radical (unpaired) electrons. The zero-order chi connectivity index (χ0) is 10.7. The summed E-state index contributed by atoms with van der Waals surface area (Å²) in [6.45, 7) is 2.35. The number of hydrogen-bond donors (Lipinski definition) is 0. The summed E-state index contributed by atoms with van der Waals surface area (Å²) in [6.07, 6.45) is 5.97. The Kier molecular flexibility index (Phi) is 3.66. The van der Waals surface area contributed by atoms with Gasteiger partial charge >= 0.3 is 51.4 Å². The van der Waals surface area contributed by atoms with Gasteiger partial charge in [-0.15, -0.1) is 0 Å². The van der Waals surface area contributed by atoms with Crippen molar-refractivity contribution in [3.8, 4) is 6.07 Å². The van der Waals surface area contributed by atoms with Crippen molar-refractivity contribution in [2.45, 2.75) is 51.0 Å². The van der Waals surface area contributed by atoms with Gasteiger partial charge in [0, 0.05) is 6.42 Å². The first-order valence-electron chi connectivity index (χ1n) is 6.13. The van der Waals surface area contributed by atoms with Crippen molar-refractivity contribution in [3.63, 3.8) is 0 Å². The Hall–Kier alpha value is 1.09. The van der Waals surface area contributed by atoms with Gasteiger partial charge in [-0.25, -0.2) is 0 Å². The number of nitriles is 1. The second kappa shape index (κ2) is 4.33. The van der Waals surface area contributed by atoms with Gasteiger partial charge in [-0.2, -0.15) is 5.26 Å². The van der Waals surface area contributed by atoms with E-state index in [-0.39, 0.29) is 57.8 Å². The maximum absolute atomic E-state index is 12.8. The minimum absolute atomic E-state index is 0. The van der Waals surface area contributed by atoms with E-state index in [9.17, 15) is 5.11 Å². The van der Waals surface area contributed by atoms with Crippen LogP contribution in [0.1, 0.15) is 45.4 Å². The fourth-order valence-electron chi connectivity index (χ4n) is 4.86. The molecule has 4 rings (SSSR count). The molecule has 2 unspecified atom stereocenters. The van der Waals surface area contributed by atoms with E-state index in [2.05, 4.69) is 13.0 Å². The Labute approximate surface area is 140 Å². The molecule has 4 aliphatic carbocycles. The Balaban J connectivity index is 0.000000963. The monoisotopic (exact) mass is 243 g/mol. The van der Waals surface area contributed by atoms with Gasteiger partial charge in [0.05, 0.1) is 6.07 Å². The van der Waals surface area contributed by atoms with Crippen LogP contribution < -0.4 is 56.5 Å². The average molecular weight is 243 g/mol. The van der Waals surface area contributed by atoms with E-state index in [0.29, 0.717) is 17.3 Å². The molecule has 0 amide bonds. The van der Waals surface area contributed by atoms with Crippen molar-refractivity contribution in [2.24, 2.45) is 23.2 Å². The predicted octanol–water partition coefficient (Wildman–Crippen LogP) is -1.15. The van der Waals surface area contributed by atoms with Crippen LogP contribution in [-0.4, -0.2) is 5.60 Å².